The molecule has 1 heterocycles. The highest BCUT2D eigenvalue weighted by atomic mass is 15.2. The van der Waals surface area contributed by atoms with E-state index >= 15 is 0 Å². The van der Waals surface area contributed by atoms with E-state index in [-0.39, 0.29) is 0 Å². The third-order valence-corrected chi connectivity index (χ3v) is 2.79. The number of anilines is 2. The predicted molar refractivity (Wildman–Crippen MR) is 60.4 cm³/mol. The van der Waals surface area contributed by atoms with Gasteiger partial charge in [-0.1, -0.05) is 0 Å². The Morgan fingerprint density at radius 1 is 1.43 bits per heavy atom. The van der Waals surface area contributed by atoms with E-state index < -0.39 is 0 Å². The summed E-state index contributed by atoms with van der Waals surface area (Å²) in [6.45, 7) is 4.12. The third kappa shape index (κ3) is 1.68. The minimum Gasteiger partial charge on any atom is -0.399 e. The van der Waals surface area contributed by atoms with Gasteiger partial charge in [0.25, 0.3) is 0 Å². The van der Waals surface area contributed by atoms with Gasteiger partial charge in [0.1, 0.15) is 0 Å². The lowest BCUT2D eigenvalue weighted by atomic mass is 10.1. The van der Waals surface area contributed by atoms with E-state index in [1.165, 1.54) is 11.3 Å². The van der Waals surface area contributed by atoms with E-state index in [1.807, 2.05) is 12.1 Å². The van der Waals surface area contributed by atoms with Gasteiger partial charge in [-0.05, 0) is 37.1 Å². The molecule has 0 aliphatic carbocycles. The first kappa shape index (κ1) is 9.34. The highest BCUT2D eigenvalue weighted by molar-refractivity contribution is 5.59. The number of nitrogen functional groups attached to an aromatic ring is 1. The minimum absolute atomic E-state index is 0.326. The van der Waals surface area contributed by atoms with Gasteiger partial charge in [-0.15, -0.1) is 0 Å². The van der Waals surface area contributed by atoms with Crippen molar-refractivity contribution in [1.29, 1.82) is 0 Å². The van der Waals surface area contributed by atoms with Gasteiger partial charge in [0.15, 0.2) is 0 Å². The first-order valence-electron chi connectivity index (χ1n) is 5.03. The number of nitrogens with zero attached hydrogens (tertiary/aromatic N) is 1. The van der Waals surface area contributed by atoms with Crippen molar-refractivity contribution in [1.82, 2.24) is 0 Å². The number of benzene rings is 1. The summed E-state index contributed by atoms with van der Waals surface area (Å²) in [7, 11) is 0. The quantitative estimate of drug-likeness (QED) is 0.654. The zero-order valence-corrected chi connectivity index (χ0v) is 8.53. The summed E-state index contributed by atoms with van der Waals surface area (Å²) in [6.07, 6.45) is 1.09. The lowest BCUT2D eigenvalue weighted by Crippen LogP contribution is -2.26. The molecular formula is C11H17N3. The van der Waals surface area contributed by atoms with Gasteiger partial charge in [-0.3, -0.25) is 0 Å². The van der Waals surface area contributed by atoms with Crippen molar-refractivity contribution < 1.29 is 0 Å². The average molecular weight is 191 g/mol. The van der Waals surface area contributed by atoms with Gasteiger partial charge in [0.2, 0.25) is 0 Å². The van der Waals surface area contributed by atoms with Crippen LogP contribution in [0.5, 0.6) is 0 Å². The summed E-state index contributed by atoms with van der Waals surface area (Å²) in [5.41, 5.74) is 14.9. The molecule has 1 aliphatic rings. The number of aryl methyl sites for hydroxylation is 1. The maximum absolute atomic E-state index is 5.88. The SMILES string of the molecule is Cc1cc(N)ccc1N1CCC(N)C1. The molecular weight excluding hydrogens is 174 g/mol. The molecule has 1 aromatic carbocycles. The largest absolute Gasteiger partial charge is 0.399 e. The number of hydrogen-bond acceptors (Lipinski definition) is 3. The Labute approximate surface area is 84.7 Å². The van der Waals surface area contributed by atoms with E-state index in [0.29, 0.717) is 6.04 Å². The third-order valence-electron chi connectivity index (χ3n) is 2.79. The molecule has 1 saturated heterocycles. The lowest BCUT2D eigenvalue weighted by Gasteiger charge is -2.20. The summed E-state index contributed by atoms with van der Waals surface area (Å²) in [6, 6.07) is 6.38. The smallest absolute Gasteiger partial charge is 0.0397 e. The Morgan fingerprint density at radius 3 is 2.79 bits per heavy atom. The molecule has 14 heavy (non-hydrogen) atoms. The van der Waals surface area contributed by atoms with Crippen LogP contribution in [-0.2, 0) is 0 Å². The highest BCUT2D eigenvalue weighted by Crippen LogP contribution is 2.25. The van der Waals surface area contributed by atoms with Crippen molar-refractivity contribution in [3.8, 4) is 0 Å². The Hall–Kier alpha value is -1.22. The molecule has 0 aromatic heterocycles. The van der Waals surface area contributed by atoms with Crippen LogP contribution < -0.4 is 16.4 Å². The van der Waals surface area contributed by atoms with E-state index in [2.05, 4.69) is 17.9 Å². The van der Waals surface area contributed by atoms with Gasteiger partial charge in [0, 0.05) is 30.5 Å². The molecule has 1 aromatic rings. The molecule has 3 heteroatoms. The molecule has 0 bridgehead atoms. The van der Waals surface area contributed by atoms with Crippen LogP contribution in [0.4, 0.5) is 11.4 Å². The second-order valence-corrected chi connectivity index (χ2v) is 4.04. The van der Waals surface area contributed by atoms with Crippen LogP contribution in [0.1, 0.15) is 12.0 Å². The fraction of sp³-hybridized carbons (Fsp3) is 0.455. The molecule has 1 atom stereocenters. The predicted octanol–water partition coefficient (Wildman–Crippen LogP) is 1.11. The Bertz CT molecular complexity index is 335. The maximum atomic E-state index is 5.88. The molecule has 0 spiro atoms. The fourth-order valence-electron chi connectivity index (χ4n) is 2.04. The first-order valence-corrected chi connectivity index (χ1v) is 5.03. The van der Waals surface area contributed by atoms with Gasteiger partial charge >= 0.3 is 0 Å². The van der Waals surface area contributed by atoms with Crippen LogP contribution in [0.25, 0.3) is 0 Å². The topological polar surface area (TPSA) is 55.3 Å². The Balaban J connectivity index is 2.24. The van der Waals surface area contributed by atoms with Crippen LogP contribution in [0, 0.1) is 6.92 Å². The van der Waals surface area contributed by atoms with Crippen molar-refractivity contribution in [2.75, 3.05) is 23.7 Å². The fourth-order valence-corrected chi connectivity index (χ4v) is 2.04. The number of rotatable bonds is 1. The summed E-state index contributed by atoms with van der Waals surface area (Å²) >= 11 is 0. The standard InChI is InChI=1S/C11H17N3/c1-8-6-9(12)2-3-11(8)14-5-4-10(13)7-14/h2-3,6,10H,4-5,7,12-13H2,1H3. The van der Waals surface area contributed by atoms with Crippen LogP contribution in [0.3, 0.4) is 0 Å². The summed E-state index contributed by atoms with van der Waals surface area (Å²) < 4.78 is 0. The monoisotopic (exact) mass is 191 g/mol. The zero-order valence-electron chi connectivity index (χ0n) is 8.53. The van der Waals surface area contributed by atoms with Crippen molar-refractivity contribution in [3.05, 3.63) is 23.8 Å². The van der Waals surface area contributed by atoms with E-state index in [4.69, 9.17) is 11.5 Å². The Morgan fingerprint density at radius 2 is 2.21 bits per heavy atom. The van der Waals surface area contributed by atoms with Crippen molar-refractivity contribution in [2.24, 2.45) is 5.73 Å². The Kier molecular flexibility index (Phi) is 2.33. The molecule has 1 unspecified atom stereocenters. The lowest BCUT2D eigenvalue weighted by molar-refractivity contribution is 0.752. The van der Waals surface area contributed by atoms with Crippen molar-refractivity contribution >= 4 is 11.4 Å². The molecule has 0 saturated carbocycles. The molecule has 0 amide bonds. The molecule has 4 N–H and O–H groups in total. The summed E-state index contributed by atoms with van der Waals surface area (Å²) in [5.74, 6) is 0. The van der Waals surface area contributed by atoms with E-state index in [1.54, 1.807) is 0 Å². The van der Waals surface area contributed by atoms with Crippen LogP contribution >= 0.6 is 0 Å². The summed E-state index contributed by atoms with van der Waals surface area (Å²) in [5, 5.41) is 0. The summed E-state index contributed by atoms with van der Waals surface area (Å²) in [4.78, 5) is 2.33. The van der Waals surface area contributed by atoms with E-state index in [9.17, 15) is 0 Å². The van der Waals surface area contributed by atoms with E-state index in [0.717, 1.165) is 25.2 Å². The molecule has 3 nitrogen and oxygen atoms in total. The number of hydrogen-bond donors (Lipinski definition) is 2. The van der Waals surface area contributed by atoms with Crippen LogP contribution in [-0.4, -0.2) is 19.1 Å². The molecule has 1 fully saturated rings. The normalized spacial score (nSPS) is 21.6. The van der Waals surface area contributed by atoms with Crippen molar-refractivity contribution in [2.45, 2.75) is 19.4 Å². The number of nitrogens with two attached hydrogens (primary N) is 2. The van der Waals surface area contributed by atoms with Crippen LogP contribution in [0.2, 0.25) is 0 Å². The zero-order chi connectivity index (χ0) is 10.1. The minimum atomic E-state index is 0.326. The second-order valence-electron chi connectivity index (χ2n) is 4.04. The molecule has 2 rings (SSSR count). The van der Waals surface area contributed by atoms with Crippen molar-refractivity contribution in [3.63, 3.8) is 0 Å². The van der Waals surface area contributed by atoms with Gasteiger partial charge in [0.05, 0.1) is 0 Å². The molecule has 1 aliphatic heterocycles. The first-order chi connectivity index (χ1) is 6.66. The maximum Gasteiger partial charge on any atom is 0.0397 e. The molecule has 76 valence electrons. The van der Waals surface area contributed by atoms with Gasteiger partial charge in [-0.25, -0.2) is 0 Å². The van der Waals surface area contributed by atoms with Crippen LogP contribution in [0.15, 0.2) is 18.2 Å². The second kappa shape index (κ2) is 3.50. The van der Waals surface area contributed by atoms with Gasteiger partial charge < -0.3 is 16.4 Å². The highest BCUT2D eigenvalue weighted by Gasteiger charge is 2.20. The molecule has 0 radical (unpaired) electrons. The van der Waals surface area contributed by atoms with Gasteiger partial charge in [-0.2, -0.15) is 0 Å². The average Bonchev–Trinajstić information content (AvgIpc) is 2.51.